The molecule has 3 rings (SSSR count). The van der Waals surface area contributed by atoms with E-state index in [9.17, 15) is 9.59 Å². The molecular formula is C20H24N6O2S. The number of hydrogen-bond donors (Lipinski definition) is 1. The van der Waals surface area contributed by atoms with Crippen molar-refractivity contribution in [2.75, 3.05) is 24.2 Å². The summed E-state index contributed by atoms with van der Waals surface area (Å²) in [7, 11) is 0. The number of rotatable bonds is 7. The number of carbonyl (C=O) groups is 2. The summed E-state index contributed by atoms with van der Waals surface area (Å²) >= 11 is 1.24. The van der Waals surface area contributed by atoms with Gasteiger partial charge in [-0.3, -0.25) is 9.59 Å². The van der Waals surface area contributed by atoms with Crippen LogP contribution in [0.3, 0.4) is 0 Å². The number of nitrogens with one attached hydrogen (secondary N) is 1. The van der Waals surface area contributed by atoms with Crippen LogP contribution in [-0.2, 0) is 4.79 Å². The van der Waals surface area contributed by atoms with E-state index in [2.05, 4.69) is 20.4 Å². The van der Waals surface area contributed by atoms with Crippen molar-refractivity contribution in [1.29, 1.82) is 0 Å². The molecule has 0 atom stereocenters. The molecule has 9 heteroatoms. The monoisotopic (exact) mass is 412 g/mol. The lowest BCUT2D eigenvalue weighted by atomic mass is 10.1. The molecule has 3 aromatic rings. The van der Waals surface area contributed by atoms with Crippen LogP contribution in [0.15, 0.2) is 35.5 Å². The average molecular weight is 413 g/mol. The number of anilines is 1. The number of carbonyl (C=O) groups excluding carboxylic acids is 2. The van der Waals surface area contributed by atoms with Crippen LogP contribution in [-0.4, -0.2) is 55.1 Å². The van der Waals surface area contributed by atoms with Gasteiger partial charge in [-0.2, -0.15) is 4.98 Å². The summed E-state index contributed by atoms with van der Waals surface area (Å²) in [5.74, 6) is 0.436. The molecule has 29 heavy (non-hydrogen) atoms. The number of nitrogens with zero attached hydrogens (tertiary/aromatic N) is 5. The Morgan fingerprint density at radius 1 is 1.14 bits per heavy atom. The maximum Gasteiger partial charge on any atom is 0.253 e. The summed E-state index contributed by atoms with van der Waals surface area (Å²) in [6.45, 7) is 9.00. The number of hydrogen-bond acceptors (Lipinski definition) is 6. The maximum atomic E-state index is 12.5. The predicted octanol–water partition coefficient (Wildman–Crippen LogP) is 2.95. The first-order valence-corrected chi connectivity index (χ1v) is 10.4. The van der Waals surface area contributed by atoms with Gasteiger partial charge in [0.05, 0.1) is 5.75 Å². The van der Waals surface area contributed by atoms with Crippen molar-refractivity contribution in [3.63, 3.8) is 0 Å². The first-order chi connectivity index (χ1) is 13.9. The Morgan fingerprint density at radius 3 is 2.62 bits per heavy atom. The van der Waals surface area contributed by atoms with Gasteiger partial charge in [-0.15, -0.1) is 5.10 Å². The predicted molar refractivity (Wildman–Crippen MR) is 113 cm³/mol. The zero-order chi connectivity index (χ0) is 21.0. The van der Waals surface area contributed by atoms with Crippen LogP contribution in [0.1, 0.15) is 35.6 Å². The minimum absolute atomic E-state index is 0.0486. The molecule has 2 aromatic heterocycles. The smallest absolute Gasteiger partial charge is 0.253 e. The Hall–Kier alpha value is -2.94. The van der Waals surface area contributed by atoms with E-state index in [0.29, 0.717) is 35.3 Å². The van der Waals surface area contributed by atoms with Gasteiger partial charge in [0.1, 0.15) is 0 Å². The first kappa shape index (κ1) is 20.8. The number of thioether (sulfide) groups is 1. The van der Waals surface area contributed by atoms with Crippen LogP contribution in [0.2, 0.25) is 0 Å². The summed E-state index contributed by atoms with van der Waals surface area (Å²) < 4.78 is 1.66. The zero-order valence-electron chi connectivity index (χ0n) is 17.0. The Kier molecular flexibility index (Phi) is 6.48. The molecule has 0 spiro atoms. The van der Waals surface area contributed by atoms with Crippen molar-refractivity contribution in [2.45, 2.75) is 32.9 Å². The first-order valence-electron chi connectivity index (χ1n) is 9.44. The van der Waals surface area contributed by atoms with Crippen molar-refractivity contribution in [1.82, 2.24) is 24.5 Å². The third-order valence-corrected chi connectivity index (χ3v) is 5.21. The van der Waals surface area contributed by atoms with Crippen molar-refractivity contribution in [3.8, 4) is 0 Å². The molecule has 0 aliphatic carbocycles. The fourth-order valence-corrected chi connectivity index (χ4v) is 3.58. The van der Waals surface area contributed by atoms with E-state index < -0.39 is 0 Å². The second-order valence-electron chi connectivity index (χ2n) is 6.54. The van der Waals surface area contributed by atoms with Crippen molar-refractivity contribution < 1.29 is 9.59 Å². The van der Waals surface area contributed by atoms with Gasteiger partial charge >= 0.3 is 0 Å². The number of aryl methyl sites for hydroxylation is 2. The van der Waals surface area contributed by atoms with E-state index in [1.165, 1.54) is 11.8 Å². The molecule has 0 saturated carbocycles. The molecule has 8 nitrogen and oxygen atoms in total. The van der Waals surface area contributed by atoms with E-state index in [-0.39, 0.29) is 17.6 Å². The van der Waals surface area contributed by atoms with Gasteiger partial charge in [-0.1, -0.05) is 17.8 Å². The summed E-state index contributed by atoms with van der Waals surface area (Å²) in [6.07, 6.45) is 0. The average Bonchev–Trinajstić information content (AvgIpc) is 3.11. The fourth-order valence-electron chi connectivity index (χ4n) is 2.96. The van der Waals surface area contributed by atoms with Gasteiger partial charge in [0.2, 0.25) is 11.1 Å². The van der Waals surface area contributed by atoms with Crippen LogP contribution >= 0.6 is 11.8 Å². The highest BCUT2D eigenvalue weighted by Gasteiger charge is 2.14. The third-order valence-electron chi connectivity index (χ3n) is 4.38. The van der Waals surface area contributed by atoms with Crippen LogP contribution < -0.4 is 5.32 Å². The molecule has 0 bridgehead atoms. The minimum Gasteiger partial charge on any atom is -0.339 e. The van der Waals surface area contributed by atoms with Gasteiger partial charge < -0.3 is 10.2 Å². The number of benzene rings is 1. The molecular weight excluding hydrogens is 388 g/mol. The van der Waals surface area contributed by atoms with E-state index in [4.69, 9.17) is 0 Å². The van der Waals surface area contributed by atoms with Crippen molar-refractivity contribution in [2.24, 2.45) is 0 Å². The van der Waals surface area contributed by atoms with Gasteiger partial charge in [-0.25, -0.2) is 9.50 Å². The normalized spacial score (nSPS) is 10.9. The number of fused-ring (bicyclic) bond motifs is 1. The summed E-state index contributed by atoms with van der Waals surface area (Å²) in [6, 6.07) is 8.90. The Balaban J connectivity index is 1.63. The van der Waals surface area contributed by atoms with Crippen LogP contribution in [0.4, 0.5) is 5.69 Å². The highest BCUT2D eigenvalue weighted by Crippen LogP contribution is 2.17. The molecule has 0 saturated heterocycles. The summed E-state index contributed by atoms with van der Waals surface area (Å²) in [4.78, 5) is 35.3. The second-order valence-corrected chi connectivity index (χ2v) is 7.48. The summed E-state index contributed by atoms with van der Waals surface area (Å²) in [5.41, 5.74) is 2.95. The van der Waals surface area contributed by atoms with Crippen LogP contribution in [0, 0.1) is 13.8 Å². The number of amides is 2. The Bertz CT molecular complexity index is 1040. The topological polar surface area (TPSA) is 92.5 Å². The largest absolute Gasteiger partial charge is 0.339 e. The molecule has 1 N–H and O–H groups in total. The molecule has 152 valence electrons. The quantitative estimate of drug-likeness (QED) is 0.600. The Labute approximate surface area is 173 Å². The van der Waals surface area contributed by atoms with Crippen LogP contribution in [0.25, 0.3) is 5.78 Å². The van der Waals surface area contributed by atoms with E-state index in [0.717, 1.165) is 11.4 Å². The molecule has 1 aromatic carbocycles. The lowest BCUT2D eigenvalue weighted by Crippen LogP contribution is -2.30. The minimum atomic E-state index is -0.192. The van der Waals surface area contributed by atoms with Gasteiger partial charge in [0.25, 0.3) is 11.7 Å². The van der Waals surface area contributed by atoms with E-state index in [1.54, 1.807) is 33.7 Å². The van der Waals surface area contributed by atoms with Crippen molar-refractivity contribution in [3.05, 3.63) is 47.3 Å². The lowest BCUT2D eigenvalue weighted by molar-refractivity contribution is -0.113. The highest BCUT2D eigenvalue weighted by molar-refractivity contribution is 7.99. The van der Waals surface area contributed by atoms with Crippen molar-refractivity contribution >= 4 is 35.0 Å². The molecule has 0 fully saturated rings. The third kappa shape index (κ3) is 4.92. The van der Waals surface area contributed by atoms with Gasteiger partial charge in [0, 0.05) is 35.7 Å². The second kappa shape index (κ2) is 9.04. The maximum absolute atomic E-state index is 12.5. The standard InChI is InChI=1S/C20H24N6O2S/c1-5-25(6-2)18(28)15-8-7-9-16(11-15)22-17(27)12-29-20-23-19-21-13(3)10-14(4)26(19)24-20/h7-11H,5-6,12H2,1-4H3,(H,22,27). The molecule has 0 aliphatic heterocycles. The van der Waals surface area contributed by atoms with Gasteiger partial charge in [-0.05, 0) is 52.0 Å². The molecule has 0 unspecified atom stereocenters. The molecule has 2 amide bonds. The van der Waals surface area contributed by atoms with Crippen LogP contribution in [0.5, 0.6) is 0 Å². The SMILES string of the molecule is CCN(CC)C(=O)c1cccc(NC(=O)CSc2nc3nc(C)cc(C)n3n2)c1. The number of aromatic nitrogens is 4. The fraction of sp³-hybridized carbons (Fsp3) is 0.350. The molecule has 2 heterocycles. The zero-order valence-corrected chi connectivity index (χ0v) is 17.8. The summed E-state index contributed by atoms with van der Waals surface area (Å²) in [5, 5.41) is 7.70. The van der Waals surface area contributed by atoms with E-state index in [1.807, 2.05) is 33.8 Å². The molecule has 0 aliphatic rings. The van der Waals surface area contributed by atoms with Gasteiger partial charge in [0.15, 0.2) is 0 Å². The lowest BCUT2D eigenvalue weighted by Gasteiger charge is -2.19. The molecule has 0 radical (unpaired) electrons. The Morgan fingerprint density at radius 2 is 1.90 bits per heavy atom. The van der Waals surface area contributed by atoms with E-state index >= 15 is 0 Å². The highest BCUT2D eigenvalue weighted by atomic mass is 32.2.